The molecular formula is C22H23N5O3. The van der Waals surface area contributed by atoms with Crippen molar-refractivity contribution in [3.63, 3.8) is 0 Å². The summed E-state index contributed by atoms with van der Waals surface area (Å²) in [5, 5.41) is 13.1. The molecule has 0 saturated carbocycles. The summed E-state index contributed by atoms with van der Waals surface area (Å²) in [4.78, 5) is 11.2. The van der Waals surface area contributed by atoms with Gasteiger partial charge in [-0.05, 0) is 43.1 Å². The molecule has 8 nitrogen and oxygen atoms in total. The van der Waals surface area contributed by atoms with Gasteiger partial charge in [0.2, 0.25) is 17.6 Å². The molecule has 30 heavy (non-hydrogen) atoms. The quantitative estimate of drug-likeness (QED) is 0.526. The Morgan fingerprint density at radius 3 is 2.80 bits per heavy atom. The summed E-state index contributed by atoms with van der Waals surface area (Å²) < 4.78 is 16.0. The molecule has 1 aromatic carbocycles. The first-order valence-electron chi connectivity index (χ1n) is 9.91. The largest absolute Gasteiger partial charge is 0.475 e. The van der Waals surface area contributed by atoms with Crippen LogP contribution in [0.1, 0.15) is 35.9 Å². The normalized spacial score (nSPS) is 16.5. The van der Waals surface area contributed by atoms with E-state index in [9.17, 15) is 0 Å². The number of ether oxygens (including phenoxy) is 2. The first-order valence-corrected chi connectivity index (χ1v) is 9.91. The molecule has 2 aromatic heterocycles. The Hall–Kier alpha value is -3.28. The zero-order valence-electron chi connectivity index (χ0n) is 16.8. The number of rotatable bonds is 8. The minimum absolute atomic E-state index is 0.0894. The number of likely N-dealkylation sites (tertiary alicyclic amines) is 1. The maximum atomic E-state index is 8.96. The van der Waals surface area contributed by atoms with Gasteiger partial charge < -0.3 is 14.0 Å². The van der Waals surface area contributed by atoms with Crippen molar-refractivity contribution in [2.45, 2.75) is 25.4 Å². The summed E-state index contributed by atoms with van der Waals surface area (Å²) in [6.07, 6.45) is 3.73. The Balaban J connectivity index is 1.42. The van der Waals surface area contributed by atoms with Gasteiger partial charge in [0, 0.05) is 31.5 Å². The molecular weight excluding hydrogens is 382 g/mol. The number of nitriles is 1. The topological polar surface area (TPSA) is 97.3 Å². The summed E-state index contributed by atoms with van der Waals surface area (Å²) in [5.41, 5.74) is 2.61. The average Bonchev–Trinajstić information content (AvgIpc) is 3.44. The number of pyridine rings is 1. The molecule has 0 bridgehead atoms. The summed E-state index contributed by atoms with van der Waals surface area (Å²) in [5.74, 6) is 1.67. The number of hydrogen-bond acceptors (Lipinski definition) is 8. The van der Waals surface area contributed by atoms with E-state index in [4.69, 9.17) is 19.3 Å². The third-order valence-electron chi connectivity index (χ3n) is 5.09. The summed E-state index contributed by atoms with van der Waals surface area (Å²) >= 11 is 0. The van der Waals surface area contributed by atoms with Gasteiger partial charge in [-0.1, -0.05) is 17.3 Å². The molecule has 1 saturated heterocycles. The van der Waals surface area contributed by atoms with Crippen LogP contribution in [-0.2, 0) is 11.3 Å². The van der Waals surface area contributed by atoms with Crippen molar-refractivity contribution >= 4 is 0 Å². The van der Waals surface area contributed by atoms with E-state index in [1.807, 2.05) is 30.3 Å². The number of hydrogen-bond donors (Lipinski definition) is 0. The van der Waals surface area contributed by atoms with Crippen LogP contribution in [-0.4, -0.2) is 46.9 Å². The van der Waals surface area contributed by atoms with E-state index in [-0.39, 0.29) is 6.04 Å². The molecule has 1 atom stereocenters. The summed E-state index contributed by atoms with van der Waals surface area (Å²) in [6.45, 7) is 2.71. The Bertz CT molecular complexity index is 995. The lowest BCUT2D eigenvalue weighted by Gasteiger charge is -2.21. The summed E-state index contributed by atoms with van der Waals surface area (Å²) in [6, 6.07) is 13.6. The fraction of sp³-hybridized carbons (Fsp3) is 0.364. The SMILES string of the molecule is COCCOc1ccc(-c2noc([C@H]3CCCN3Cc3ccc(C#N)cc3)n2)cn1. The predicted octanol–water partition coefficient (Wildman–Crippen LogP) is 3.37. The second-order valence-electron chi connectivity index (χ2n) is 7.12. The van der Waals surface area contributed by atoms with E-state index < -0.39 is 0 Å². The molecule has 0 amide bonds. The van der Waals surface area contributed by atoms with Gasteiger partial charge in [0.05, 0.1) is 24.3 Å². The van der Waals surface area contributed by atoms with Gasteiger partial charge in [-0.15, -0.1) is 0 Å². The molecule has 1 aliphatic rings. The van der Waals surface area contributed by atoms with E-state index in [2.05, 4.69) is 26.1 Å². The van der Waals surface area contributed by atoms with E-state index >= 15 is 0 Å². The van der Waals surface area contributed by atoms with Crippen LogP contribution in [0.3, 0.4) is 0 Å². The molecule has 154 valence electrons. The Morgan fingerprint density at radius 1 is 1.20 bits per heavy atom. The molecule has 0 radical (unpaired) electrons. The van der Waals surface area contributed by atoms with E-state index in [0.717, 1.165) is 37.1 Å². The highest BCUT2D eigenvalue weighted by Crippen LogP contribution is 2.33. The fourth-order valence-electron chi connectivity index (χ4n) is 3.53. The van der Waals surface area contributed by atoms with Crippen molar-refractivity contribution in [2.24, 2.45) is 0 Å². The van der Waals surface area contributed by atoms with Crippen molar-refractivity contribution in [3.8, 4) is 23.3 Å². The van der Waals surface area contributed by atoms with Gasteiger partial charge in [0.15, 0.2) is 0 Å². The van der Waals surface area contributed by atoms with Crippen LogP contribution >= 0.6 is 0 Å². The lowest BCUT2D eigenvalue weighted by molar-refractivity contribution is 0.144. The van der Waals surface area contributed by atoms with Gasteiger partial charge >= 0.3 is 0 Å². The van der Waals surface area contributed by atoms with Crippen LogP contribution in [0.5, 0.6) is 5.88 Å². The van der Waals surface area contributed by atoms with Gasteiger partial charge in [-0.2, -0.15) is 10.2 Å². The van der Waals surface area contributed by atoms with Crippen LogP contribution in [0.25, 0.3) is 11.4 Å². The number of nitrogens with zero attached hydrogens (tertiary/aromatic N) is 5. The lowest BCUT2D eigenvalue weighted by Crippen LogP contribution is -2.23. The van der Waals surface area contributed by atoms with E-state index in [0.29, 0.717) is 36.4 Å². The monoisotopic (exact) mass is 405 g/mol. The van der Waals surface area contributed by atoms with Crippen molar-refractivity contribution in [1.82, 2.24) is 20.0 Å². The molecule has 0 aliphatic carbocycles. The fourth-order valence-corrected chi connectivity index (χ4v) is 3.53. The molecule has 0 spiro atoms. The maximum absolute atomic E-state index is 8.96. The number of aromatic nitrogens is 3. The number of benzene rings is 1. The smallest absolute Gasteiger partial charge is 0.244 e. The summed E-state index contributed by atoms with van der Waals surface area (Å²) in [7, 11) is 1.63. The van der Waals surface area contributed by atoms with E-state index in [1.165, 1.54) is 0 Å². The molecule has 8 heteroatoms. The highest BCUT2D eigenvalue weighted by molar-refractivity contribution is 5.53. The van der Waals surface area contributed by atoms with Crippen LogP contribution in [0.2, 0.25) is 0 Å². The number of methoxy groups -OCH3 is 1. The lowest BCUT2D eigenvalue weighted by atomic mass is 10.1. The average molecular weight is 405 g/mol. The highest BCUT2D eigenvalue weighted by atomic mass is 16.5. The van der Waals surface area contributed by atoms with Gasteiger partial charge in [0.25, 0.3) is 0 Å². The molecule has 0 unspecified atom stereocenters. The Kier molecular flexibility index (Phi) is 6.32. The minimum atomic E-state index is 0.0894. The zero-order chi connectivity index (χ0) is 20.8. The predicted molar refractivity (Wildman–Crippen MR) is 108 cm³/mol. The Labute approximate surface area is 175 Å². The van der Waals surface area contributed by atoms with Gasteiger partial charge in [0.1, 0.15) is 6.61 Å². The minimum Gasteiger partial charge on any atom is -0.475 e. The molecule has 4 rings (SSSR count). The molecule has 0 N–H and O–H groups in total. The van der Waals surface area contributed by atoms with Crippen molar-refractivity contribution < 1.29 is 14.0 Å². The highest BCUT2D eigenvalue weighted by Gasteiger charge is 2.30. The Morgan fingerprint density at radius 2 is 2.07 bits per heavy atom. The van der Waals surface area contributed by atoms with Crippen molar-refractivity contribution in [2.75, 3.05) is 26.9 Å². The first kappa shape index (κ1) is 20.0. The zero-order valence-corrected chi connectivity index (χ0v) is 16.8. The van der Waals surface area contributed by atoms with Crippen LogP contribution in [0, 0.1) is 11.3 Å². The third-order valence-corrected chi connectivity index (χ3v) is 5.09. The standard InChI is InChI=1S/C22H23N5O3/c1-28-11-12-29-20-9-8-18(14-24-20)21-25-22(30-26-21)19-3-2-10-27(19)15-17-6-4-16(13-23)5-7-17/h4-9,14,19H,2-3,10-12,15H2,1H3/t19-/m1/s1. The van der Waals surface area contributed by atoms with Crippen molar-refractivity contribution in [3.05, 3.63) is 59.6 Å². The molecule has 3 heterocycles. The van der Waals surface area contributed by atoms with Gasteiger partial charge in [-0.3, -0.25) is 4.90 Å². The molecule has 1 aliphatic heterocycles. The third kappa shape index (κ3) is 4.64. The van der Waals surface area contributed by atoms with Crippen LogP contribution in [0.15, 0.2) is 47.1 Å². The second kappa shape index (κ2) is 9.48. The maximum Gasteiger partial charge on any atom is 0.244 e. The van der Waals surface area contributed by atoms with Crippen LogP contribution in [0.4, 0.5) is 0 Å². The molecule has 3 aromatic rings. The van der Waals surface area contributed by atoms with E-state index in [1.54, 1.807) is 19.4 Å². The van der Waals surface area contributed by atoms with Gasteiger partial charge in [-0.25, -0.2) is 4.98 Å². The molecule has 1 fully saturated rings. The van der Waals surface area contributed by atoms with Crippen LogP contribution < -0.4 is 4.74 Å². The second-order valence-corrected chi connectivity index (χ2v) is 7.12. The first-order chi connectivity index (χ1) is 14.8. The van der Waals surface area contributed by atoms with Crippen molar-refractivity contribution in [1.29, 1.82) is 5.26 Å².